The maximum absolute atomic E-state index is 12.9. The van der Waals surface area contributed by atoms with Crippen molar-refractivity contribution in [1.82, 2.24) is 0 Å². The molecule has 0 aromatic rings. The zero-order valence-electron chi connectivity index (χ0n) is 53.6. The van der Waals surface area contributed by atoms with E-state index in [1.807, 2.05) is 0 Å². The van der Waals surface area contributed by atoms with Gasteiger partial charge in [-0.05, 0) is 83.5 Å². The molecule has 0 aliphatic rings. The Morgan fingerprint density at radius 2 is 0.487 bits per heavy atom. The van der Waals surface area contributed by atoms with Crippen molar-refractivity contribution in [3.05, 3.63) is 60.8 Å². The lowest BCUT2D eigenvalue weighted by Crippen LogP contribution is -2.30. The largest absolute Gasteiger partial charge is 0.462 e. The maximum Gasteiger partial charge on any atom is 0.306 e. The normalized spacial score (nSPS) is 12.4. The van der Waals surface area contributed by atoms with Crippen LogP contribution in [-0.4, -0.2) is 37.2 Å². The van der Waals surface area contributed by atoms with Gasteiger partial charge in [0.15, 0.2) is 6.10 Å². The number of carbonyl (C=O) groups excluding carboxylic acids is 3. The van der Waals surface area contributed by atoms with Gasteiger partial charge < -0.3 is 14.2 Å². The minimum atomic E-state index is -0.777. The Balaban J connectivity index is 4.19. The van der Waals surface area contributed by atoms with Gasteiger partial charge in [0.25, 0.3) is 0 Å². The van der Waals surface area contributed by atoms with Crippen molar-refractivity contribution in [1.29, 1.82) is 0 Å². The first-order chi connectivity index (χ1) is 39.5. The first-order valence-corrected chi connectivity index (χ1v) is 35.3. The van der Waals surface area contributed by atoms with Crippen LogP contribution >= 0.6 is 0 Å². The van der Waals surface area contributed by atoms with E-state index in [1.54, 1.807) is 0 Å². The average molecular weight is 1120 g/mol. The molecule has 466 valence electrons. The SMILES string of the molecule is CC/C=C\C/C=C\C/C=C\C/C=C\CCCCCCCCCCC(=O)OC(COC(=O)CCCCCCCCCCCCCC)COC(=O)CCCCCCCCCCCCCCCCCCC/C=C\CCCCCCCCCC. The van der Waals surface area contributed by atoms with Gasteiger partial charge >= 0.3 is 17.9 Å². The van der Waals surface area contributed by atoms with Gasteiger partial charge in [-0.3, -0.25) is 14.4 Å². The average Bonchev–Trinajstić information content (AvgIpc) is 3.46. The molecule has 6 nitrogen and oxygen atoms in total. The van der Waals surface area contributed by atoms with Crippen LogP contribution in [0.5, 0.6) is 0 Å². The summed E-state index contributed by atoms with van der Waals surface area (Å²) in [6.45, 7) is 6.58. The summed E-state index contributed by atoms with van der Waals surface area (Å²) in [6.07, 6.45) is 88.3. The zero-order chi connectivity index (χ0) is 57.8. The second-order valence-corrected chi connectivity index (χ2v) is 23.8. The molecule has 1 unspecified atom stereocenters. The Bertz CT molecular complexity index is 1430. The molecule has 0 aliphatic carbocycles. The quantitative estimate of drug-likeness (QED) is 0.0261. The second kappa shape index (κ2) is 68.6. The number of carbonyl (C=O) groups is 3. The summed E-state index contributed by atoms with van der Waals surface area (Å²) < 4.78 is 17.0. The van der Waals surface area contributed by atoms with Crippen molar-refractivity contribution in [3.8, 4) is 0 Å². The summed E-state index contributed by atoms with van der Waals surface area (Å²) in [5.74, 6) is -0.858. The summed E-state index contributed by atoms with van der Waals surface area (Å²) in [5.41, 5.74) is 0. The summed E-state index contributed by atoms with van der Waals surface area (Å²) in [5, 5.41) is 0. The monoisotopic (exact) mass is 1120 g/mol. The van der Waals surface area contributed by atoms with Gasteiger partial charge in [0, 0.05) is 19.3 Å². The Morgan fingerprint density at radius 3 is 0.775 bits per heavy atom. The molecule has 0 amide bonds. The van der Waals surface area contributed by atoms with Crippen LogP contribution in [0.15, 0.2) is 60.8 Å². The predicted molar refractivity (Wildman–Crippen MR) is 348 cm³/mol. The van der Waals surface area contributed by atoms with E-state index >= 15 is 0 Å². The highest BCUT2D eigenvalue weighted by Gasteiger charge is 2.19. The Morgan fingerprint density at radius 1 is 0.263 bits per heavy atom. The fourth-order valence-electron chi connectivity index (χ4n) is 10.5. The second-order valence-electron chi connectivity index (χ2n) is 23.8. The van der Waals surface area contributed by atoms with Crippen molar-refractivity contribution < 1.29 is 28.6 Å². The first kappa shape index (κ1) is 77.1. The van der Waals surface area contributed by atoms with Gasteiger partial charge in [-0.15, -0.1) is 0 Å². The van der Waals surface area contributed by atoms with Crippen LogP contribution in [0.2, 0.25) is 0 Å². The van der Waals surface area contributed by atoms with E-state index in [2.05, 4.69) is 81.5 Å². The smallest absolute Gasteiger partial charge is 0.306 e. The van der Waals surface area contributed by atoms with Gasteiger partial charge in [-0.25, -0.2) is 0 Å². The van der Waals surface area contributed by atoms with E-state index in [4.69, 9.17) is 14.2 Å². The lowest BCUT2D eigenvalue weighted by molar-refractivity contribution is -0.167. The maximum atomic E-state index is 12.9. The van der Waals surface area contributed by atoms with Crippen molar-refractivity contribution >= 4 is 17.9 Å². The van der Waals surface area contributed by atoms with Crippen LogP contribution in [-0.2, 0) is 28.6 Å². The van der Waals surface area contributed by atoms with Gasteiger partial charge in [-0.2, -0.15) is 0 Å². The highest BCUT2D eigenvalue weighted by atomic mass is 16.6. The van der Waals surface area contributed by atoms with Gasteiger partial charge in [0.1, 0.15) is 13.2 Å². The van der Waals surface area contributed by atoms with Crippen molar-refractivity contribution in [2.75, 3.05) is 13.2 Å². The van der Waals surface area contributed by atoms with Crippen LogP contribution in [0.25, 0.3) is 0 Å². The van der Waals surface area contributed by atoms with Gasteiger partial charge in [0.05, 0.1) is 0 Å². The molecule has 0 aromatic heterocycles. The first-order valence-electron chi connectivity index (χ1n) is 35.3. The van der Waals surface area contributed by atoms with E-state index < -0.39 is 6.10 Å². The van der Waals surface area contributed by atoms with Crippen LogP contribution in [0.3, 0.4) is 0 Å². The molecular weight excluding hydrogens is 985 g/mol. The molecule has 0 rings (SSSR count). The van der Waals surface area contributed by atoms with E-state index in [1.165, 1.54) is 244 Å². The number of ether oxygens (including phenoxy) is 3. The molecule has 0 bridgehead atoms. The van der Waals surface area contributed by atoms with E-state index in [9.17, 15) is 14.4 Å². The number of unbranched alkanes of at least 4 members (excludes halogenated alkanes) is 44. The minimum Gasteiger partial charge on any atom is -0.462 e. The van der Waals surface area contributed by atoms with E-state index in [0.717, 1.165) is 89.9 Å². The fraction of sp³-hybridized carbons (Fsp3) is 0.824. The standard InChI is InChI=1S/C74H134O6/c1-4-7-10-13-16-19-22-25-27-29-31-33-34-35-36-37-38-39-40-42-43-45-47-49-52-55-58-61-64-67-73(76)79-70-71(69-78-72(75)66-63-60-57-54-51-24-21-18-15-12-9-6-3)80-74(77)68-65-62-59-56-53-50-48-46-44-41-32-30-28-26-23-20-17-14-11-8-5-2/h8,11,17,20,26,28-29,31-32,41,71H,4-7,9-10,12-16,18-19,21-25,27,30,33-40,42-70H2,1-3H3/b11-8-,20-17-,28-26-,31-29-,41-32-. The molecule has 6 heteroatoms. The van der Waals surface area contributed by atoms with E-state index in [0.29, 0.717) is 19.3 Å². The highest BCUT2D eigenvalue weighted by molar-refractivity contribution is 5.71. The molecule has 0 spiro atoms. The lowest BCUT2D eigenvalue weighted by atomic mass is 10.0. The molecule has 1 atom stereocenters. The Kier molecular flexibility index (Phi) is 66.1. The lowest BCUT2D eigenvalue weighted by Gasteiger charge is -2.18. The molecule has 0 saturated carbocycles. The molecule has 0 heterocycles. The van der Waals surface area contributed by atoms with E-state index in [-0.39, 0.29) is 31.1 Å². The van der Waals surface area contributed by atoms with Crippen molar-refractivity contribution in [3.63, 3.8) is 0 Å². The third-order valence-electron chi connectivity index (χ3n) is 15.8. The van der Waals surface area contributed by atoms with Crippen molar-refractivity contribution in [2.24, 2.45) is 0 Å². The molecule has 0 aliphatic heterocycles. The van der Waals surface area contributed by atoms with Gasteiger partial charge in [0.2, 0.25) is 0 Å². The highest BCUT2D eigenvalue weighted by Crippen LogP contribution is 2.18. The third-order valence-corrected chi connectivity index (χ3v) is 15.8. The number of rotatable bonds is 65. The summed E-state index contributed by atoms with van der Waals surface area (Å²) in [7, 11) is 0. The third kappa shape index (κ3) is 65.9. The minimum absolute atomic E-state index is 0.0729. The molecule has 80 heavy (non-hydrogen) atoms. The van der Waals surface area contributed by atoms with Crippen LogP contribution in [0, 0.1) is 0 Å². The Hall–Kier alpha value is -2.89. The Labute approximate surface area is 498 Å². The zero-order valence-corrected chi connectivity index (χ0v) is 53.6. The number of hydrogen-bond donors (Lipinski definition) is 0. The summed E-state index contributed by atoms with van der Waals surface area (Å²) in [6, 6.07) is 0. The van der Waals surface area contributed by atoms with Gasteiger partial charge in [-0.1, -0.05) is 332 Å². The predicted octanol–water partition coefficient (Wildman–Crippen LogP) is 24.3. The van der Waals surface area contributed by atoms with Crippen LogP contribution in [0.4, 0.5) is 0 Å². The number of esters is 3. The molecule has 0 saturated heterocycles. The topological polar surface area (TPSA) is 78.9 Å². The number of hydrogen-bond acceptors (Lipinski definition) is 6. The molecule has 0 N–H and O–H groups in total. The van der Waals surface area contributed by atoms with Crippen LogP contribution < -0.4 is 0 Å². The molecular formula is C74H134O6. The number of allylic oxidation sites excluding steroid dienone is 10. The van der Waals surface area contributed by atoms with Crippen LogP contribution in [0.1, 0.15) is 374 Å². The fourth-order valence-corrected chi connectivity index (χ4v) is 10.5. The molecule has 0 fully saturated rings. The summed E-state index contributed by atoms with van der Waals surface area (Å²) in [4.78, 5) is 38.4. The van der Waals surface area contributed by atoms with Crippen molar-refractivity contribution in [2.45, 2.75) is 380 Å². The summed E-state index contributed by atoms with van der Waals surface area (Å²) >= 11 is 0. The molecule has 0 radical (unpaired) electrons. The molecule has 0 aromatic carbocycles.